The van der Waals surface area contributed by atoms with Crippen molar-refractivity contribution in [1.29, 1.82) is 5.26 Å². The molecule has 2 aromatic carbocycles. The summed E-state index contributed by atoms with van der Waals surface area (Å²) in [6.07, 6.45) is 0.326. The van der Waals surface area contributed by atoms with Crippen LogP contribution in [0.2, 0.25) is 0 Å². The van der Waals surface area contributed by atoms with Crippen molar-refractivity contribution in [3.05, 3.63) is 91.8 Å². The lowest BCUT2D eigenvalue weighted by atomic mass is 10.1. The van der Waals surface area contributed by atoms with E-state index >= 15 is 0 Å². The smallest absolute Gasteiger partial charge is 0.346 e. The normalized spacial score (nSPS) is 10.8. The van der Waals surface area contributed by atoms with Crippen LogP contribution in [0.4, 0.5) is 0 Å². The lowest BCUT2D eigenvalue weighted by molar-refractivity contribution is 0.0701. The third-order valence-corrected chi connectivity index (χ3v) is 6.44. The number of aromatic carboxylic acids is 1. The highest BCUT2D eigenvalue weighted by Gasteiger charge is 2.22. The van der Waals surface area contributed by atoms with Crippen molar-refractivity contribution in [3.63, 3.8) is 0 Å². The highest BCUT2D eigenvalue weighted by atomic mass is 32.1. The first-order chi connectivity index (χ1) is 15.4. The van der Waals surface area contributed by atoms with Crippen molar-refractivity contribution in [2.45, 2.75) is 19.9 Å². The quantitative estimate of drug-likeness (QED) is 0.481. The third-order valence-electron chi connectivity index (χ3n) is 5.26. The summed E-state index contributed by atoms with van der Waals surface area (Å²) in [5.41, 5.74) is 2.24. The number of methoxy groups -OCH3 is 1. The number of nitriles is 1. The fourth-order valence-corrected chi connectivity index (χ4v) is 4.73. The van der Waals surface area contributed by atoms with Crippen LogP contribution in [-0.4, -0.2) is 27.7 Å². The number of hydrogen-bond acceptors (Lipinski definition) is 6. The number of nitrogens with zero attached hydrogens (tertiary/aromatic N) is 3. The first kappa shape index (κ1) is 21.3. The van der Waals surface area contributed by atoms with Gasteiger partial charge < -0.3 is 9.84 Å². The zero-order chi connectivity index (χ0) is 22.8. The molecule has 160 valence electrons. The standard InChI is InChI=1S/C24H19N3O4S/c1-14-20-22(32-21(14)24(29)30)26-19(11-17-8-3-4-9-18(17)31-2)27(23(20)28)13-16-7-5-6-15(10-16)12-25/h3-10H,11,13H2,1-2H3,(H,29,30). The fourth-order valence-electron chi connectivity index (χ4n) is 3.70. The number of carboxylic acids is 1. The highest BCUT2D eigenvalue weighted by Crippen LogP contribution is 2.29. The second-order valence-corrected chi connectivity index (χ2v) is 8.26. The van der Waals surface area contributed by atoms with Gasteiger partial charge in [0.2, 0.25) is 0 Å². The molecule has 0 spiro atoms. The van der Waals surface area contributed by atoms with E-state index in [1.54, 1.807) is 36.8 Å². The van der Waals surface area contributed by atoms with Gasteiger partial charge >= 0.3 is 5.97 Å². The Labute approximate surface area is 187 Å². The SMILES string of the molecule is COc1ccccc1Cc1nc2sc(C(=O)O)c(C)c2c(=O)n1Cc1cccc(C#N)c1. The second kappa shape index (κ2) is 8.65. The number of fused-ring (bicyclic) bond motifs is 1. The van der Waals surface area contributed by atoms with Gasteiger partial charge in [-0.25, -0.2) is 9.78 Å². The summed E-state index contributed by atoms with van der Waals surface area (Å²) in [6, 6.07) is 16.6. The van der Waals surface area contributed by atoms with Gasteiger partial charge in [-0.05, 0) is 36.2 Å². The summed E-state index contributed by atoms with van der Waals surface area (Å²) >= 11 is 1.00. The largest absolute Gasteiger partial charge is 0.496 e. The average molecular weight is 446 g/mol. The fraction of sp³-hybridized carbons (Fsp3) is 0.167. The van der Waals surface area contributed by atoms with E-state index in [1.807, 2.05) is 30.3 Å². The van der Waals surface area contributed by atoms with Crippen LogP contribution < -0.4 is 10.3 Å². The van der Waals surface area contributed by atoms with E-state index in [2.05, 4.69) is 6.07 Å². The molecule has 0 atom stereocenters. The summed E-state index contributed by atoms with van der Waals surface area (Å²) in [4.78, 5) is 30.4. The van der Waals surface area contributed by atoms with E-state index in [-0.39, 0.29) is 17.0 Å². The van der Waals surface area contributed by atoms with Crippen LogP contribution in [0.25, 0.3) is 10.2 Å². The Morgan fingerprint density at radius 3 is 2.75 bits per heavy atom. The first-order valence-corrected chi connectivity index (χ1v) is 10.6. The first-order valence-electron chi connectivity index (χ1n) is 9.80. The number of hydrogen-bond donors (Lipinski definition) is 1. The van der Waals surface area contributed by atoms with Crippen LogP contribution in [0.3, 0.4) is 0 Å². The molecule has 1 N–H and O–H groups in total. The molecule has 0 unspecified atom stereocenters. The van der Waals surface area contributed by atoms with Gasteiger partial charge in [0.1, 0.15) is 21.3 Å². The van der Waals surface area contributed by atoms with Gasteiger partial charge in [0.15, 0.2) is 0 Å². The van der Waals surface area contributed by atoms with Crippen molar-refractivity contribution in [2.24, 2.45) is 0 Å². The van der Waals surface area contributed by atoms with E-state index < -0.39 is 5.97 Å². The van der Waals surface area contributed by atoms with Crippen LogP contribution in [0.15, 0.2) is 53.3 Å². The summed E-state index contributed by atoms with van der Waals surface area (Å²) < 4.78 is 7.00. The van der Waals surface area contributed by atoms with E-state index in [0.717, 1.165) is 22.5 Å². The molecule has 0 amide bonds. The predicted octanol–water partition coefficient (Wildman–Crippen LogP) is 3.98. The minimum atomic E-state index is -1.08. The van der Waals surface area contributed by atoms with Crippen molar-refractivity contribution >= 4 is 27.5 Å². The molecule has 0 saturated heterocycles. The summed E-state index contributed by atoms with van der Waals surface area (Å²) in [7, 11) is 1.58. The van der Waals surface area contributed by atoms with Crippen molar-refractivity contribution in [2.75, 3.05) is 7.11 Å². The van der Waals surface area contributed by atoms with Crippen molar-refractivity contribution < 1.29 is 14.6 Å². The molecule has 0 aliphatic carbocycles. The molecule has 0 saturated carbocycles. The average Bonchev–Trinajstić information content (AvgIpc) is 3.13. The Kier molecular flexibility index (Phi) is 5.75. The Hall–Kier alpha value is -3.96. The Morgan fingerprint density at radius 2 is 2.03 bits per heavy atom. The maximum absolute atomic E-state index is 13.5. The molecule has 0 aliphatic rings. The molecule has 0 bridgehead atoms. The number of aromatic nitrogens is 2. The lowest BCUT2D eigenvalue weighted by Crippen LogP contribution is -2.26. The molecule has 7 nitrogen and oxygen atoms in total. The topological polar surface area (TPSA) is 105 Å². The van der Waals surface area contributed by atoms with Gasteiger partial charge in [0.25, 0.3) is 5.56 Å². The van der Waals surface area contributed by atoms with E-state index in [9.17, 15) is 20.0 Å². The maximum Gasteiger partial charge on any atom is 0.346 e. The number of ether oxygens (including phenoxy) is 1. The van der Waals surface area contributed by atoms with Crippen molar-refractivity contribution in [3.8, 4) is 11.8 Å². The van der Waals surface area contributed by atoms with Crippen LogP contribution in [0.1, 0.15) is 37.7 Å². The molecule has 2 aromatic heterocycles. The molecule has 0 aliphatic heterocycles. The minimum Gasteiger partial charge on any atom is -0.496 e. The van der Waals surface area contributed by atoms with E-state index in [4.69, 9.17) is 9.72 Å². The number of carboxylic acid groups (broad SMARTS) is 1. The third kappa shape index (κ3) is 3.86. The number of rotatable bonds is 6. The number of thiophene rings is 1. The van der Waals surface area contributed by atoms with Crippen LogP contribution in [0, 0.1) is 18.3 Å². The number of aryl methyl sites for hydroxylation is 1. The Bertz CT molecular complexity index is 1450. The zero-order valence-electron chi connectivity index (χ0n) is 17.5. The highest BCUT2D eigenvalue weighted by molar-refractivity contribution is 7.20. The van der Waals surface area contributed by atoms with Gasteiger partial charge in [-0.3, -0.25) is 9.36 Å². The molecular formula is C24H19N3O4S. The molecule has 32 heavy (non-hydrogen) atoms. The molecule has 2 heterocycles. The molecule has 0 radical (unpaired) electrons. The van der Waals surface area contributed by atoms with Gasteiger partial charge in [-0.1, -0.05) is 30.3 Å². The predicted molar refractivity (Wildman–Crippen MR) is 122 cm³/mol. The van der Waals surface area contributed by atoms with E-state index in [1.165, 1.54) is 0 Å². The molecule has 4 aromatic rings. The van der Waals surface area contributed by atoms with Gasteiger partial charge in [0, 0.05) is 12.0 Å². The number of benzene rings is 2. The Balaban J connectivity index is 1.93. The van der Waals surface area contributed by atoms with Gasteiger partial charge in [0.05, 0.1) is 30.7 Å². The van der Waals surface area contributed by atoms with Crippen LogP contribution >= 0.6 is 11.3 Å². The van der Waals surface area contributed by atoms with E-state index in [0.29, 0.717) is 39.3 Å². The minimum absolute atomic E-state index is 0.108. The van der Waals surface area contributed by atoms with Crippen LogP contribution in [0.5, 0.6) is 5.75 Å². The molecule has 4 rings (SSSR count). The van der Waals surface area contributed by atoms with Gasteiger partial charge in [-0.15, -0.1) is 11.3 Å². The summed E-state index contributed by atoms with van der Waals surface area (Å²) in [6.45, 7) is 1.84. The maximum atomic E-state index is 13.5. The summed E-state index contributed by atoms with van der Waals surface area (Å²) in [5, 5.41) is 19.1. The molecular weight excluding hydrogens is 426 g/mol. The molecule has 0 fully saturated rings. The second-order valence-electron chi connectivity index (χ2n) is 7.26. The monoisotopic (exact) mass is 445 g/mol. The van der Waals surface area contributed by atoms with Crippen LogP contribution in [-0.2, 0) is 13.0 Å². The molecule has 8 heteroatoms. The lowest BCUT2D eigenvalue weighted by Gasteiger charge is -2.14. The van der Waals surface area contributed by atoms with Crippen molar-refractivity contribution in [1.82, 2.24) is 9.55 Å². The Morgan fingerprint density at radius 1 is 1.25 bits per heavy atom. The van der Waals surface area contributed by atoms with Gasteiger partial charge in [-0.2, -0.15) is 5.26 Å². The summed E-state index contributed by atoms with van der Waals surface area (Å²) in [5.74, 6) is 0.0884. The number of para-hydroxylation sites is 1. The number of carbonyl (C=O) groups is 1. The zero-order valence-corrected chi connectivity index (χ0v) is 18.3.